The van der Waals surface area contributed by atoms with Crippen LogP contribution in [-0.2, 0) is 11.5 Å². The van der Waals surface area contributed by atoms with Gasteiger partial charge in [0.15, 0.2) is 0 Å². The maximum absolute atomic E-state index is 10.2. The van der Waals surface area contributed by atoms with E-state index in [1.165, 1.54) is 6.07 Å². The van der Waals surface area contributed by atoms with E-state index in [1.54, 1.807) is 30.6 Å². The van der Waals surface area contributed by atoms with Gasteiger partial charge in [0.25, 0.3) is 0 Å². The van der Waals surface area contributed by atoms with Crippen LogP contribution in [0.2, 0.25) is 36.0 Å². The number of halogens is 2. The summed E-state index contributed by atoms with van der Waals surface area (Å²) in [5.41, 5.74) is 3.84. The second-order valence-electron chi connectivity index (χ2n) is 10.8. The van der Waals surface area contributed by atoms with Gasteiger partial charge in [-0.15, -0.1) is 0 Å². The van der Waals surface area contributed by atoms with E-state index in [0.29, 0.717) is 40.7 Å². The molecule has 0 saturated carbocycles. The molecule has 0 unspecified atom stereocenters. The summed E-state index contributed by atoms with van der Waals surface area (Å²) >= 11 is 11.8. The smallest absolute Gasteiger partial charge is 0.143 e. The number of aromatic amines is 1. The maximum atomic E-state index is 10.2. The number of aromatic hydroxyl groups is 2. The number of nitrogens with zero attached hydrogens (tertiary/aromatic N) is 5. The number of aromatic nitrogens is 6. The third-order valence-electron chi connectivity index (χ3n) is 6.44. The highest BCUT2D eigenvalue weighted by atomic mass is 35.5. The van der Waals surface area contributed by atoms with Crippen LogP contribution in [0.25, 0.3) is 44.8 Å². The fourth-order valence-corrected chi connectivity index (χ4v) is 5.33. The van der Waals surface area contributed by atoms with E-state index < -0.39 is 8.07 Å². The number of hydrogen-bond acceptors (Lipinski definition) is 7. The van der Waals surface area contributed by atoms with Crippen LogP contribution in [0.15, 0.2) is 73.1 Å². The van der Waals surface area contributed by atoms with Crippen molar-refractivity contribution in [3.05, 3.63) is 83.4 Å². The molecule has 6 aromatic heterocycles. The highest BCUT2D eigenvalue weighted by Crippen LogP contribution is 2.33. The summed E-state index contributed by atoms with van der Waals surface area (Å²) in [6.45, 7) is 8.03. The van der Waals surface area contributed by atoms with Crippen molar-refractivity contribution in [1.29, 1.82) is 0 Å². The summed E-state index contributed by atoms with van der Waals surface area (Å²) in [5.74, 6) is 0.163. The lowest BCUT2D eigenvalue weighted by Crippen LogP contribution is -2.22. The van der Waals surface area contributed by atoms with Crippen LogP contribution in [0, 0.1) is 0 Å². The van der Waals surface area contributed by atoms with E-state index in [9.17, 15) is 10.2 Å². The number of rotatable bonds is 7. The van der Waals surface area contributed by atoms with Crippen molar-refractivity contribution in [3.8, 4) is 34.3 Å². The molecule has 0 aliphatic heterocycles. The van der Waals surface area contributed by atoms with E-state index >= 15 is 0 Å². The number of fused-ring (bicyclic) bond motifs is 2. The van der Waals surface area contributed by atoms with Gasteiger partial charge in [-0.2, -0.15) is 0 Å². The van der Waals surface area contributed by atoms with Crippen LogP contribution in [0.3, 0.4) is 0 Å². The number of H-pyrrole nitrogens is 1. The molecule has 0 saturated heterocycles. The normalized spacial score (nSPS) is 11.3. The Morgan fingerprint density at radius 2 is 1.47 bits per heavy atom. The second-order valence-corrected chi connectivity index (χ2v) is 17.2. The zero-order valence-corrected chi connectivity index (χ0v) is 25.9. The molecule has 224 valence electrons. The Morgan fingerprint density at radius 3 is 2.14 bits per heavy atom. The van der Waals surface area contributed by atoms with Gasteiger partial charge in [-0.05, 0) is 66.7 Å². The van der Waals surface area contributed by atoms with Gasteiger partial charge in [0, 0.05) is 37.8 Å². The zero-order valence-electron chi connectivity index (χ0n) is 23.3. The molecule has 0 fully saturated rings. The largest absolute Gasteiger partial charge is 0.506 e. The summed E-state index contributed by atoms with van der Waals surface area (Å²) in [4.78, 5) is 20.1. The summed E-state index contributed by atoms with van der Waals surface area (Å²) in [6, 6.07) is 18.7. The highest BCUT2D eigenvalue weighted by molar-refractivity contribution is 6.76. The van der Waals surface area contributed by atoms with Crippen molar-refractivity contribution in [2.45, 2.75) is 39.8 Å². The summed E-state index contributed by atoms with van der Waals surface area (Å²) in [7, 11) is -1.15. The fraction of sp³-hybridized carbons (Fsp3) is 0.226. The molecule has 0 spiro atoms. The van der Waals surface area contributed by atoms with Gasteiger partial charge in [-0.3, -0.25) is 4.57 Å². The Balaban J connectivity index is 0.000000205. The van der Waals surface area contributed by atoms with Gasteiger partial charge in [0.2, 0.25) is 0 Å². The van der Waals surface area contributed by atoms with Crippen LogP contribution in [0.5, 0.6) is 11.5 Å². The Kier molecular flexibility index (Phi) is 10.1. The Bertz CT molecular complexity index is 1820. The number of nitrogens with one attached hydrogen (secondary N) is 1. The molecule has 12 heteroatoms. The molecular formula is C31H34Cl2N6O3Si. The SMILES string of the molecule is C.C[Si](C)(C)CCOCn1c(-c2nc(Cl)ccc2O)cc2cccnc21.Oc1ccc(Cl)nc1-c1cc2cccnc2[nH]1. The van der Waals surface area contributed by atoms with Crippen molar-refractivity contribution < 1.29 is 14.9 Å². The van der Waals surface area contributed by atoms with E-state index in [-0.39, 0.29) is 18.9 Å². The lowest BCUT2D eigenvalue weighted by atomic mass is 10.2. The van der Waals surface area contributed by atoms with Crippen LogP contribution in [-0.4, -0.2) is 54.4 Å². The molecule has 0 aromatic carbocycles. The number of ether oxygens (including phenoxy) is 1. The van der Waals surface area contributed by atoms with Gasteiger partial charge in [0.05, 0.1) is 11.4 Å². The predicted octanol–water partition coefficient (Wildman–Crippen LogP) is 8.39. The predicted molar refractivity (Wildman–Crippen MR) is 176 cm³/mol. The lowest BCUT2D eigenvalue weighted by Gasteiger charge is -2.16. The maximum Gasteiger partial charge on any atom is 0.143 e. The fourth-order valence-electron chi connectivity index (χ4n) is 4.28. The third kappa shape index (κ3) is 7.71. The number of pyridine rings is 4. The average molecular weight is 638 g/mol. The van der Waals surface area contributed by atoms with Gasteiger partial charge in [-0.25, -0.2) is 19.9 Å². The first-order chi connectivity index (χ1) is 20.1. The van der Waals surface area contributed by atoms with Crippen molar-refractivity contribution in [3.63, 3.8) is 0 Å². The minimum atomic E-state index is -1.15. The molecule has 6 rings (SSSR count). The first-order valence-corrected chi connectivity index (χ1v) is 17.7. The van der Waals surface area contributed by atoms with Crippen molar-refractivity contribution in [2.75, 3.05) is 6.61 Å². The lowest BCUT2D eigenvalue weighted by molar-refractivity contribution is 0.0908. The molecule has 9 nitrogen and oxygen atoms in total. The molecule has 3 N–H and O–H groups in total. The molecule has 0 radical (unpaired) electrons. The zero-order chi connectivity index (χ0) is 29.9. The monoisotopic (exact) mass is 636 g/mol. The number of hydrogen-bond donors (Lipinski definition) is 3. The quantitative estimate of drug-likeness (QED) is 0.0913. The molecule has 0 aliphatic carbocycles. The van der Waals surface area contributed by atoms with E-state index in [1.807, 2.05) is 41.0 Å². The summed E-state index contributed by atoms with van der Waals surface area (Å²) < 4.78 is 7.84. The van der Waals surface area contributed by atoms with Crippen molar-refractivity contribution >= 4 is 53.3 Å². The van der Waals surface area contributed by atoms with Crippen LogP contribution in [0.4, 0.5) is 0 Å². The van der Waals surface area contributed by atoms with E-state index in [4.69, 9.17) is 27.9 Å². The van der Waals surface area contributed by atoms with Crippen LogP contribution >= 0.6 is 23.2 Å². The Morgan fingerprint density at radius 1 is 0.837 bits per heavy atom. The highest BCUT2D eigenvalue weighted by Gasteiger charge is 2.17. The standard InChI is InChI=1S/C18H22ClN3O2Si.C12H8ClN3O.CH4/c1-25(2,3)10-9-24-12-22-14(11-13-5-4-8-20-18(13)22)17-15(23)6-7-16(19)21-17;13-10-4-3-9(17)11(16-10)8-6-7-2-1-5-14-12(7)15-8;/h4-8,11,23H,9-10,12H2,1-3H3;1-6,17H,(H,14,15);1H4. The van der Waals surface area contributed by atoms with E-state index in [0.717, 1.165) is 33.8 Å². The van der Waals surface area contributed by atoms with Gasteiger partial charge >= 0.3 is 0 Å². The van der Waals surface area contributed by atoms with Gasteiger partial charge < -0.3 is 19.9 Å². The minimum Gasteiger partial charge on any atom is -0.506 e. The van der Waals surface area contributed by atoms with E-state index in [2.05, 4.69) is 44.6 Å². The summed E-state index contributed by atoms with van der Waals surface area (Å²) in [6.07, 6.45) is 3.45. The Hall–Kier alpha value is -3.96. The topological polar surface area (TPSA) is 122 Å². The molecule has 6 aromatic rings. The molecular weight excluding hydrogens is 603 g/mol. The second kappa shape index (κ2) is 13.6. The molecule has 6 heterocycles. The average Bonchev–Trinajstić information content (AvgIpc) is 3.55. The third-order valence-corrected chi connectivity index (χ3v) is 8.57. The molecule has 0 bridgehead atoms. The summed E-state index contributed by atoms with van der Waals surface area (Å²) in [5, 5.41) is 22.6. The van der Waals surface area contributed by atoms with Gasteiger partial charge in [-0.1, -0.05) is 50.3 Å². The molecule has 43 heavy (non-hydrogen) atoms. The minimum absolute atomic E-state index is 0. The molecule has 0 amide bonds. The first-order valence-electron chi connectivity index (χ1n) is 13.3. The molecule has 0 aliphatic rings. The van der Waals surface area contributed by atoms with Crippen molar-refractivity contribution in [2.24, 2.45) is 0 Å². The van der Waals surface area contributed by atoms with Crippen LogP contribution < -0.4 is 0 Å². The molecule has 0 atom stereocenters. The van der Waals surface area contributed by atoms with Crippen LogP contribution in [0.1, 0.15) is 7.43 Å². The van der Waals surface area contributed by atoms with Gasteiger partial charge in [0.1, 0.15) is 51.2 Å². The Labute approximate surface area is 261 Å². The van der Waals surface area contributed by atoms with Crippen molar-refractivity contribution in [1.82, 2.24) is 29.5 Å². The first kappa shape index (κ1) is 32.0.